The molecule has 5 heteroatoms. The molecule has 0 fully saturated rings. The van der Waals surface area contributed by atoms with Crippen molar-refractivity contribution in [3.63, 3.8) is 0 Å². The van der Waals surface area contributed by atoms with E-state index in [1.165, 1.54) is 4.70 Å². The molecule has 0 spiro atoms. The van der Waals surface area contributed by atoms with Crippen molar-refractivity contribution in [3.8, 4) is 55.5 Å². The van der Waals surface area contributed by atoms with Crippen LogP contribution in [-0.2, 0) is 0 Å². The molecule has 0 unspecified atom stereocenters. The molecule has 0 N–H and O–H groups in total. The average molecular weight is 708 g/mol. The molecule has 11 rings (SSSR count). The predicted octanol–water partition coefficient (Wildman–Crippen LogP) is 13.6. The van der Waals surface area contributed by atoms with E-state index in [0.29, 0.717) is 5.82 Å². The van der Waals surface area contributed by atoms with E-state index in [1.54, 1.807) is 0 Å². The van der Waals surface area contributed by atoms with E-state index < -0.39 is 0 Å². The van der Waals surface area contributed by atoms with Gasteiger partial charge in [0.2, 0.25) is 0 Å². The van der Waals surface area contributed by atoms with Gasteiger partial charge in [0, 0.05) is 64.3 Å². The number of hydrogen-bond donors (Lipinski definition) is 0. The molecule has 4 aromatic heterocycles. The highest BCUT2D eigenvalue weighted by Gasteiger charge is 2.25. The lowest BCUT2D eigenvalue weighted by Gasteiger charge is -2.12. The molecule has 11 aromatic rings. The lowest BCUT2D eigenvalue weighted by molar-refractivity contribution is 0.670. The van der Waals surface area contributed by atoms with Crippen molar-refractivity contribution >= 4 is 65.2 Å². The molecule has 0 aliphatic carbocycles. The summed E-state index contributed by atoms with van der Waals surface area (Å²) >= 11 is 1.82. The Balaban J connectivity index is 1.19. The SMILES string of the molecule is c1ccc(-c2nc(-c3ccc(-c4c(-c5cccc6c5oc5ccccc56)sc5c4c(-c4ccccc4)nc4ccccc45)cc3)c3ccccc3n2)cc1. The number of rotatable bonds is 5. The average Bonchev–Trinajstić information content (AvgIpc) is 3.84. The molecule has 4 heterocycles. The number of pyridine rings is 1. The van der Waals surface area contributed by atoms with Gasteiger partial charge in [0.1, 0.15) is 11.2 Å². The Morgan fingerprint density at radius 1 is 0.407 bits per heavy atom. The lowest BCUT2D eigenvalue weighted by Crippen LogP contribution is -1.95. The number of nitrogens with zero attached hydrogens (tertiary/aromatic N) is 3. The molecule has 0 atom stereocenters. The Hall–Kier alpha value is -6.95. The maximum Gasteiger partial charge on any atom is 0.160 e. The molecule has 0 bridgehead atoms. The number of benzene rings is 7. The van der Waals surface area contributed by atoms with E-state index in [-0.39, 0.29) is 0 Å². The second kappa shape index (κ2) is 12.3. The van der Waals surface area contributed by atoms with Crippen molar-refractivity contribution in [2.75, 3.05) is 0 Å². The van der Waals surface area contributed by atoms with Gasteiger partial charge in [-0.3, -0.25) is 0 Å². The number of furan rings is 1. The molecule has 54 heavy (non-hydrogen) atoms. The van der Waals surface area contributed by atoms with Crippen LogP contribution in [-0.4, -0.2) is 15.0 Å². The van der Waals surface area contributed by atoms with Crippen LogP contribution in [0.1, 0.15) is 0 Å². The van der Waals surface area contributed by atoms with E-state index >= 15 is 0 Å². The second-order valence-corrected chi connectivity index (χ2v) is 14.5. The normalized spacial score (nSPS) is 11.7. The highest BCUT2D eigenvalue weighted by atomic mass is 32.1. The number of thiophene rings is 1. The van der Waals surface area contributed by atoms with Gasteiger partial charge < -0.3 is 4.42 Å². The summed E-state index contributed by atoms with van der Waals surface area (Å²) in [7, 11) is 0. The molecule has 0 aliphatic heterocycles. The van der Waals surface area contributed by atoms with E-state index in [0.717, 1.165) is 98.8 Å². The third kappa shape index (κ3) is 4.86. The van der Waals surface area contributed by atoms with E-state index in [4.69, 9.17) is 19.4 Å². The van der Waals surface area contributed by atoms with Gasteiger partial charge in [-0.05, 0) is 29.8 Å². The fourth-order valence-corrected chi connectivity index (χ4v) is 9.17. The monoisotopic (exact) mass is 707 g/mol. The Morgan fingerprint density at radius 3 is 1.78 bits per heavy atom. The second-order valence-electron chi connectivity index (χ2n) is 13.5. The molecule has 0 aliphatic rings. The van der Waals surface area contributed by atoms with Gasteiger partial charge in [-0.15, -0.1) is 11.3 Å². The fraction of sp³-hybridized carbons (Fsp3) is 0. The third-order valence-electron chi connectivity index (χ3n) is 10.3. The Kier molecular flexibility index (Phi) is 7.00. The van der Waals surface area contributed by atoms with Crippen LogP contribution in [0.25, 0.3) is 109 Å². The smallest absolute Gasteiger partial charge is 0.160 e. The number of hydrogen-bond acceptors (Lipinski definition) is 5. The summed E-state index contributed by atoms with van der Waals surface area (Å²) in [5.41, 5.74) is 12.0. The van der Waals surface area contributed by atoms with Gasteiger partial charge in [-0.1, -0.05) is 152 Å². The zero-order valence-corrected chi connectivity index (χ0v) is 29.7. The quantitative estimate of drug-likeness (QED) is 0.179. The van der Waals surface area contributed by atoms with Gasteiger partial charge in [-0.25, -0.2) is 15.0 Å². The molecular formula is C49H29N3OS. The predicted molar refractivity (Wildman–Crippen MR) is 225 cm³/mol. The van der Waals surface area contributed by atoms with Crippen molar-refractivity contribution in [1.82, 2.24) is 15.0 Å². The van der Waals surface area contributed by atoms with Crippen LogP contribution in [0.3, 0.4) is 0 Å². The first-order valence-corrected chi connectivity index (χ1v) is 18.8. The maximum absolute atomic E-state index is 6.67. The Labute approximate surface area is 314 Å². The van der Waals surface area contributed by atoms with Gasteiger partial charge in [0.25, 0.3) is 0 Å². The summed E-state index contributed by atoms with van der Waals surface area (Å²) in [5.74, 6) is 0.712. The first-order chi connectivity index (χ1) is 26.8. The van der Waals surface area contributed by atoms with Gasteiger partial charge in [-0.2, -0.15) is 0 Å². The van der Waals surface area contributed by atoms with Crippen molar-refractivity contribution in [1.29, 1.82) is 0 Å². The summed E-state index contributed by atoms with van der Waals surface area (Å²) in [4.78, 5) is 16.6. The van der Waals surface area contributed by atoms with Crippen LogP contribution >= 0.6 is 11.3 Å². The third-order valence-corrected chi connectivity index (χ3v) is 11.6. The van der Waals surface area contributed by atoms with Crippen LogP contribution in [0.4, 0.5) is 0 Å². The maximum atomic E-state index is 6.67. The van der Waals surface area contributed by atoms with Crippen molar-refractivity contribution in [2.24, 2.45) is 0 Å². The zero-order chi connectivity index (χ0) is 35.6. The summed E-state index contributed by atoms with van der Waals surface area (Å²) in [6.07, 6.45) is 0. The standard InChI is InChI=1S/C49H29N3OS/c1-3-14-31(15-4-1)45-43-42(30-26-28-32(29-27-30)44-36-19-7-10-23-39(36)51-49(52-44)33-16-5-2-6-17-33)48(54-47(43)37-20-8-11-24-40(37)50-45)38-22-13-21-35-34-18-9-12-25-41(34)53-46(35)38/h1-29H. The number of fused-ring (bicyclic) bond motifs is 7. The molecule has 4 nitrogen and oxygen atoms in total. The molecule has 0 saturated carbocycles. The van der Waals surface area contributed by atoms with Crippen LogP contribution in [0, 0.1) is 0 Å². The number of aromatic nitrogens is 3. The summed E-state index contributed by atoms with van der Waals surface area (Å²) in [6.45, 7) is 0. The first-order valence-electron chi connectivity index (χ1n) is 18.0. The van der Waals surface area contributed by atoms with Gasteiger partial charge >= 0.3 is 0 Å². The zero-order valence-electron chi connectivity index (χ0n) is 28.9. The first kappa shape index (κ1) is 30.7. The molecular weight excluding hydrogens is 679 g/mol. The minimum Gasteiger partial charge on any atom is -0.455 e. The molecule has 0 amide bonds. The largest absolute Gasteiger partial charge is 0.455 e. The minimum absolute atomic E-state index is 0.712. The molecule has 0 radical (unpaired) electrons. The van der Waals surface area contributed by atoms with E-state index in [2.05, 4.69) is 146 Å². The Morgan fingerprint density at radius 2 is 1.00 bits per heavy atom. The molecule has 252 valence electrons. The van der Waals surface area contributed by atoms with Crippen molar-refractivity contribution in [2.45, 2.75) is 0 Å². The van der Waals surface area contributed by atoms with Crippen LogP contribution in [0.15, 0.2) is 180 Å². The Bertz CT molecular complexity index is 3200. The minimum atomic E-state index is 0.712. The molecule has 7 aromatic carbocycles. The topological polar surface area (TPSA) is 51.8 Å². The van der Waals surface area contributed by atoms with Gasteiger partial charge in [0.15, 0.2) is 5.82 Å². The lowest BCUT2D eigenvalue weighted by atomic mass is 9.93. The summed E-state index contributed by atoms with van der Waals surface area (Å²) in [5, 5.41) is 5.52. The fourth-order valence-electron chi connectivity index (χ4n) is 7.79. The summed E-state index contributed by atoms with van der Waals surface area (Å²) in [6, 6.07) is 61.2. The van der Waals surface area contributed by atoms with E-state index in [9.17, 15) is 0 Å². The van der Waals surface area contributed by atoms with Crippen molar-refractivity contribution in [3.05, 3.63) is 176 Å². The van der Waals surface area contributed by atoms with Crippen molar-refractivity contribution < 1.29 is 4.42 Å². The highest BCUT2D eigenvalue weighted by Crippen LogP contribution is 2.52. The van der Waals surface area contributed by atoms with Crippen LogP contribution < -0.4 is 0 Å². The molecule has 0 saturated heterocycles. The van der Waals surface area contributed by atoms with E-state index in [1.807, 2.05) is 41.7 Å². The van der Waals surface area contributed by atoms with Crippen LogP contribution in [0.5, 0.6) is 0 Å². The van der Waals surface area contributed by atoms with Crippen LogP contribution in [0.2, 0.25) is 0 Å². The van der Waals surface area contributed by atoms with Gasteiger partial charge in [0.05, 0.1) is 22.4 Å². The number of para-hydroxylation sites is 4. The highest BCUT2D eigenvalue weighted by molar-refractivity contribution is 7.24. The summed E-state index contributed by atoms with van der Waals surface area (Å²) < 4.78 is 7.87.